The van der Waals surface area contributed by atoms with Gasteiger partial charge in [-0.3, -0.25) is 0 Å². The summed E-state index contributed by atoms with van der Waals surface area (Å²) >= 11 is 0. The zero-order valence-electron chi connectivity index (χ0n) is 14.4. The lowest BCUT2D eigenvalue weighted by atomic mass is 10.2. The van der Waals surface area contributed by atoms with Crippen LogP contribution >= 0.6 is 0 Å². The van der Waals surface area contributed by atoms with Gasteiger partial charge in [-0.2, -0.15) is 0 Å². The third kappa shape index (κ3) is 4.10. The van der Waals surface area contributed by atoms with E-state index in [9.17, 15) is 0 Å². The van der Waals surface area contributed by atoms with E-state index in [1.54, 1.807) is 6.20 Å². The summed E-state index contributed by atoms with van der Waals surface area (Å²) in [6, 6.07) is 19.2. The predicted molar refractivity (Wildman–Crippen MR) is 97.8 cm³/mol. The quantitative estimate of drug-likeness (QED) is 0.561. The monoisotopic (exact) mass is 335 g/mol. The minimum absolute atomic E-state index is 0.425. The highest BCUT2D eigenvalue weighted by molar-refractivity contribution is 5.55. The molecule has 0 fully saturated rings. The molecule has 0 saturated carbocycles. The van der Waals surface area contributed by atoms with E-state index in [-0.39, 0.29) is 0 Å². The highest BCUT2D eigenvalue weighted by atomic mass is 16.5. The normalized spacial score (nSPS) is 10.3. The van der Waals surface area contributed by atoms with Gasteiger partial charge < -0.3 is 14.2 Å². The van der Waals surface area contributed by atoms with Crippen molar-refractivity contribution in [2.75, 3.05) is 6.61 Å². The Bertz CT molecular complexity index is 804. The van der Waals surface area contributed by atoms with Gasteiger partial charge in [-0.1, -0.05) is 43.3 Å². The molecule has 0 amide bonds. The maximum atomic E-state index is 6.15. The average Bonchev–Trinajstić information content (AvgIpc) is 2.66. The van der Waals surface area contributed by atoms with Crippen molar-refractivity contribution in [3.63, 3.8) is 0 Å². The summed E-state index contributed by atoms with van der Waals surface area (Å²) in [6.45, 7) is 4.47. The maximum Gasteiger partial charge on any atom is 0.261 e. The summed E-state index contributed by atoms with van der Waals surface area (Å²) in [6.07, 6.45) is 2.55. The third-order valence-electron chi connectivity index (χ3n) is 3.62. The fourth-order valence-electron chi connectivity index (χ4n) is 2.40. The number of nitrogens with zero attached hydrogens (tertiary/aromatic N) is 1. The van der Waals surface area contributed by atoms with E-state index >= 15 is 0 Å². The second-order valence-electron chi connectivity index (χ2n) is 5.36. The Morgan fingerprint density at radius 2 is 1.32 bits per heavy atom. The highest BCUT2D eigenvalue weighted by Crippen LogP contribution is 2.43. The zero-order chi connectivity index (χ0) is 17.5. The minimum Gasteiger partial charge on any atom is -0.475 e. The highest BCUT2D eigenvalue weighted by Gasteiger charge is 2.20. The van der Waals surface area contributed by atoms with E-state index in [0.29, 0.717) is 29.7 Å². The van der Waals surface area contributed by atoms with Crippen LogP contribution in [0.5, 0.6) is 28.9 Å². The molecule has 0 aliphatic heterocycles. The molecule has 1 heterocycles. The number of hydrogen-bond acceptors (Lipinski definition) is 4. The summed E-state index contributed by atoms with van der Waals surface area (Å²) in [5, 5.41) is 0. The van der Waals surface area contributed by atoms with Crippen LogP contribution in [-0.2, 0) is 6.42 Å². The summed E-state index contributed by atoms with van der Waals surface area (Å²) in [5.74, 6) is 3.00. The van der Waals surface area contributed by atoms with Crippen LogP contribution in [0.4, 0.5) is 0 Å². The number of ether oxygens (including phenoxy) is 3. The van der Waals surface area contributed by atoms with Crippen LogP contribution in [0, 0.1) is 0 Å². The van der Waals surface area contributed by atoms with Crippen LogP contribution < -0.4 is 14.2 Å². The Hall–Kier alpha value is -3.01. The Balaban J connectivity index is 2.06. The molecule has 1 aromatic heterocycles. The van der Waals surface area contributed by atoms with Crippen LogP contribution in [0.2, 0.25) is 0 Å². The molecule has 0 N–H and O–H groups in total. The van der Waals surface area contributed by atoms with E-state index in [1.165, 1.54) is 0 Å². The van der Waals surface area contributed by atoms with E-state index in [1.807, 2.05) is 67.6 Å². The van der Waals surface area contributed by atoms with Crippen molar-refractivity contribution < 1.29 is 14.2 Å². The largest absolute Gasteiger partial charge is 0.475 e. The zero-order valence-corrected chi connectivity index (χ0v) is 14.4. The van der Waals surface area contributed by atoms with Gasteiger partial charge in [0.25, 0.3) is 5.88 Å². The van der Waals surface area contributed by atoms with Crippen LogP contribution in [0.1, 0.15) is 19.4 Å². The van der Waals surface area contributed by atoms with Gasteiger partial charge in [0.15, 0.2) is 5.75 Å². The molecule has 0 radical (unpaired) electrons. The summed E-state index contributed by atoms with van der Waals surface area (Å²) < 4.78 is 17.9. The number of pyridine rings is 1. The molecule has 0 bridgehead atoms. The van der Waals surface area contributed by atoms with Crippen LogP contribution in [-0.4, -0.2) is 11.6 Å². The molecule has 25 heavy (non-hydrogen) atoms. The van der Waals surface area contributed by atoms with Gasteiger partial charge in [0.2, 0.25) is 5.75 Å². The molecule has 0 atom stereocenters. The molecule has 2 aromatic carbocycles. The van der Waals surface area contributed by atoms with Crippen molar-refractivity contribution >= 4 is 0 Å². The number of benzene rings is 2. The Labute approximate surface area is 148 Å². The fourth-order valence-corrected chi connectivity index (χ4v) is 2.40. The molecular weight excluding hydrogens is 314 g/mol. The van der Waals surface area contributed by atoms with E-state index in [2.05, 4.69) is 11.9 Å². The summed E-state index contributed by atoms with van der Waals surface area (Å²) in [7, 11) is 0. The van der Waals surface area contributed by atoms with Crippen molar-refractivity contribution in [3.8, 4) is 28.9 Å². The number of rotatable bonds is 7. The molecule has 4 nitrogen and oxygen atoms in total. The van der Waals surface area contributed by atoms with E-state index in [4.69, 9.17) is 14.2 Å². The molecule has 0 saturated heterocycles. The van der Waals surface area contributed by atoms with Gasteiger partial charge in [0.05, 0.1) is 6.61 Å². The molecule has 3 rings (SSSR count). The van der Waals surface area contributed by atoms with Crippen LogP contribution in [0.3, 0.4) is 0 Å². The lowest BCUT2D eigenvalue weighted by Gasteiger charge is -2.18. The molecule has 0 aliphatic carbocycles. The second kappa shape index (κ2) is 8.20. The van der Waals surface area contributed by atoms with E-state index < -0.39 is 0 Å². The van der Waals surface area contributed by atoms with Crippen LogP contribution in [0.25, 0.3) is 0 Å². The lowest BCUT2D eigenvalue weighted by Crippen LogP contribution is -2.02. The maximum absolute atomic E-state index is 6.15. The first-order valence-electron chi connectivity index (χ1n) is 8.42. The van der Waals surface area contributed by atoms with Gasteiger partial charge in [-0.25, -0.2) is 4.98 Å². The summed E-state index contributed by atoms with van der Waals surface area (Å²) in [4.78, 5) is 4.41. The minimum atomic E-state index is 0.425. The van der Waals surface area contributed by atoms with Crippen molar-refractivity contribution in [2.45, 2.75) is 20.3 Å². The Kier molecular flexibility index (Phi) is 5.52. The van der Waals surface area contributed by atoms with Gasteiger partial charge >= 0.3 is 0 Å². The van der Waals surface area contributed by atoms with Crippen molar-refractivity contribution in [1.29, 1.82) is 0 Å². The molecular formula is C21H21NO3. The Morgan fingerprint density at radius 3 is 1.84 bits per heavy atom. The van der Waals surface area contributed by atoms with Gasteiger partial charge in [-0.15, -0.1) is 0 Å². The first-order chi connectivity index (χ1) is 12.3. The molecule has 128 valence electrons. The first kappa shape index (κ1) is 16.8. The van der Waals surface area contributed by atoms with Gasteiger partial charge in [0, 0.05) is 11.8 Å². The lowest BCUT2D eigenvalue weighted by molar-refractivity contribution is 0.300. The SMILES string of the molecule is CCOc1ncc(CC)c(Oc2ccccc2)c1Oc1ccccc1. The number of hydrogen-bond donors (Lipinski definition) is 0. The van der Waals surface area contributed by atoms with Crippen molar-refractivity contribution in [2.24, 2.45) is 0 Å². The van der Waals surface area contributed by atoms with Gasteiger partial charge in [-0.05, 0) is 37.6 Å². The first-order valence-corrected chi connectivity index (χ1v) is 8.42. The molecule has 0 aliphatic rings. The molecule has 3 aromatic rings. The Morgan fingerprint density at radius 1 is 0.760 bits per heavy atom. The summed E-state index contributed by atoms with van der Waals surface area (Å²) in [5.41, 5.74) is 0.957. The molecule has 4 heteroatoms. The van der Waals surface area contributed by atoms with E-state index in [0.717, 1.165) is 17.7 Å². The number of aromatic nitrogens is 1. The van der Waals surface area contributed by atoms with Crippen molar-refractivity contribution in [1.82, 2.24) is 4.98 Å². The van der Waals surface area contributed by atoms with Crippen LogP contribution in [0.15, 0.2) is 66.9 Å². The number of para-hydroxylation sites is 2. The average molecular weight is 335 g/mol. The standard InChI is InChI=1S/C21H21NO3/c1-3-16-15-22-21(23-4-2)20(25-18-13-9-6-10-14-18)19(16)24-17-11-7-5-8-12-17/h5-15H,3-4H2,1-2H3. The number of aryl methyl sites for hydroxylation is 1. The third-order valence-corrected chi connectivity index (χ3v) is 3.62. The predicted octanol–water partition coefficient (Wildman–Crippen LogP) is 5.63. The fraction of sp³-hybridized carbons (Fsp3) is 0.190. The van der Waals surface area contributed by atoms with Gasteiger partial charge in [0.1, 0.15) is 11.5 Å². The van der Waals surface area contributed by atoms with Crippen molar-refractivity contribution in [3.05, 3.63) is 72.4 Å². The molecule has 0 spiro atoms. The molecule has 0 unspecified atom stereocenters. The second-order valence-corrected chi connectivity index (χ2v) is 5.36. The topological polar surface area (TPSA) is 40.6 Å². The smallest absolute Gasteiger partial charge is 0.261 e.